The van der Waals surface area contributed by atoms with Gasteiger partial charge in [-0.05, 0) is 50.2 Å². The van der Waals surface area contributed by atoms with E-state index in [4.69, 9.17) is 19.7 Å². The normalized spacial score (nSPS) is 14.9. The van der Waals surface area contributed by atoms with Crippen molar-refractivity contribution in [2.75, 3.05) is 39.8 Å². The van der Waals surface area contributed by atoms with Crippen LogP contribution in [0.3, 0.4) is 0 Å². The van der Waals surface area contributed by atoms with Crippen molar-refractivity contribution < 1.29 is 14.4 Å². The first kappa shape index (κ1) is 20.9. The number of rotatable bonds is 7. The van der Waals surface area contributed by atoms with Crippen LogP contribution in [0.25, 0.3) is 5.69 Å². The van der Waals surface area contributed by atoms with Crippen LogP contribution in [0.2, 0.25) is 0 Å². The number of nitrogens with one attached hydrogen (secondary N) is 1. The number of nitrogens with zero attached hydrogens (tertiary/aromatic N) is 4. The van der Waals surface area contributed by atoms with Gasteiger partial charge in [0, 0.05) is 0 Å². The molecule has 162 valence electrons. The molecule has 0 radical (unpaired) electrons. The molecule has 0 saturated carbocycles. The molecule has 0 unspecified atom stereocenters. The molecule has 3 aromatic rings. The van der Waals surface area contributed by atoms with Gasteiger partial charge in [0.2, 0.25) is 5.88 Å². The molecule has 7 nitrogen and oxygen atoms in total. The molecular weight excluding hydrogens is 390 g/mol. The molecule has 1 fully saturated rings. The lowest BCUT2D eigenvalue weighted by Gasteiger charge is -2.27. The molecule has 1 aliphatic heterocycles. The van der Waals surface area contributed by atoms with Crippen molar-refractivity contribution >= 4 is 6.21 Å². The Labute approximate surface area is 183 Å². The summed E-state index contributed by atoms with van der Waals surface area (Å²) in [6, 6.07) is 17.7. The maximum absolute atomic E-state index is 6.34. The van der Waals surface area contributed by atoms with Gasteiger partial charge in [-0.25, -0.2) is 0 Å². The van der Waals surface area contributed by atoms with Crippen molar-refractivity contribution in [2.24, 2.45) is 5.10 Å². The summed E-state index contributed by atoms with van der Waals surface area (Å²) in [5, 5.41) is 11.6. The molecule has 0 bridgehead atoms. The van der Waals surface area contributed by atoms with Crippen molar-refractivity contribution in [2.45, 2.75) is 13.8 Å². The van der Waals surface area contributed by atoms with Gasteiger partial charge in [-0.1, -0.05) is 18.2 Å². The van der Waals surface area contributed by atoms with Gasteiger partial charge in [0.05, 0.1) is 63.0 Å². The average molecular weight is 421 g/mol. The van der Waals surface area contributed by atoms with Gasteiger partial charge in [0.1, 0.15) is 11.5 Å². The summed E-state index contributed by atoms with van der Waals surface area (Å²) in [4.78, 5) is 1.54. The fourth-order valence-corrected chi connectivity index (χ4v) is 3.52. The summed E-state index contributed by atoms with van der Waals surface area (Å²) in [5.41, 5.74) is 2.69. The molecule has 0 aliphatic carbocycles. The number of hydrazone groups is 1. The molecule has 1 aromatic heterocycles. The first-order chi connectivity index (χ1) is 15.1. The Morgan fingerprint density at radius 2 is 1.71 bits per heavy atom. The van der Waals surface area contributed by atoms with E-state index in [1.165, 1.54) is 0 Å². The lowest BCUT2D eigenvalue weighted by molar-refractivity contribution is -0.884. The third-order valence-electron chi connectivity index (χ3n) is 5.36. The van der Waals surface area contributed by atoms with Crippen LogP contribution >= 0.6 is 0 Å². The van der Waals surface area contributed by atoms with E-state index in [-0.39, 0.29) is 0 Å². The SMILES string of the molecule is CCOc1ccc(Oc2c(/C=N\N3CC[NH+](C)CC3)c(C)nn2-c2ccccc2)cc1. The summed E-state index contributed by atoms with van der Waals surface area (Å²) >= 11 is 0. The number of benzene rings is 2. The standard InChI is InChI=1S/C24H29N5O2/c1-4-30-21-10-12-22(13-11-21)31-24-23(18-25-28-16-14-27(3)15-17-28)19(2)26-29(24)20-8-6-5-7-9-20/h5-13,18H,4,14-17H2,1-3H3/p+1/b25-18-. The van der Waals surface area contributed by atoms with Crippen LogP contribution in [0.1, 0.15) is 18.2 Å². The molecule has 1 saturated heterocycles. The van der Waals surface area contributed by atoms with Gasteiger partial charge >= 0.3 is 0 Å². The number of piperazine rings is 1. The van der Waals surface area contributed by atoms with Crippen molar-refractivity contribution in [1.29, 1.82) is 0 Å². The Kier molecular flexibility index (Phi) is 6.52. The molecule has 31 heavy (non-hydrogen) atoms. The number of ether oxygens (including phenoxy) is 2. The van der Waals surface area contributed by atoms with Crippen molar-refractivity contribution in [3.63, 3.8) is 0 Å². The lowest BCUT2D eigenvalue weighted by atomic mass is 10.2. The smallest absolute Gasteiger partial charge is 0.231 e. The second-order valence-electron chi connectivity index (χ2n) is 7.71. The second kappa shape index (κ2) is 9.66. The molecule has 4 rings (SSSR count). The monoisotopic (exact) mass is 420 g/mol. The zero-order chi connectivity index (χ0) is 21.6. The molecule has 0 spiro atoms. The van der Waals surface area contributed by atoms with E-state index >= 15 is 0 Å². The Morgan fingerprint density at radius 1 is 1.03 bits per heavy atom. The topological polar surface area (TPSA) is 56.3 Å². The zero-order valence-corrected chi connectivity index (χ0v) is 18.4. The van der Waals surface area contributed by atoms with Gasteiger partial charge in [0.25, 0.3) is 0 Å². The number of quaternary nitrogens is 1. The first-order valence-corrected chi connectivity index (χ1v) is 10.8. The molecule has 2 heterocycles. The number of para-hydroxylation sites is 1. The summed E-state index contributed by atoms with van der Waals surface area (Å²) < 4.78 is 13.7. The molecule has 1 N–H and O–H groups in total. The highest BCUT2D eigenvalue weighted by Crippen LogP contribution is 2.30. The van der Waals surface area contributed by atoms with E-state index in [0.717, 1.165) is 54.6 Å². The number of hydrogen-bond donors (Lipinski definition) is 1. The summed E-state index contributed by atoms with van der Waals surface area (Å²) in [6.45, 7) is 8.67. The zero-order valence-electron chi connectivity index (χ0n) is 18.4. The molecule has 0 atom stereocenters. The van der Waals surface area contributed by atoms with Crippen LogP contribution in [0, 0.1) is 6.92 Å². The van der Waals surface area contributed by atoms with E-state index in [9.17, 15) is 0 Å². The predicted octanol–water partition coefficient (Wildman–Crippen LogP) is 2.54. The molecule has 1 aliphatic rings. The van der Waals surface area contributed by atoms with Gasteiger partial charge < -0.3 is 14.4 Å². The third kappa shape index (κ3) is 5.06. The predicted molar refractivity (Wildman–Crippen MR) is 122 cm³/mol. The molecule has 0 amide bonds. The maximum atomic E-state index is 6.34. The van der Waals surface area contributed by atoms with E-state index in [1.807, 2.05) is 79.3 Å². The number of likely N-dealkylation sites (N-methyl/N-ethyl adjacent to an activating group) is 1. The molecular formula is C24H30N5O2+. The van der Waals surface area contributed by atoms with Gasteiger partial charge in [-0.15, -0.1) is 0 Å². The Balaban J connectivity index is 1.66. The van der Waals surface area contributed by atoms with E-state index in [1.54, 1.807) is 4.90 Å². The quantitative estimate of drug-likeness (QED) is 0.597. The van der Waals surface area contributed by atoms with E-state index in [2.05, 4.69) is 12.1 Å². The van der Waals surface area contributed by atoms with Crippen LogP contribution in [0.4, 0.5) is 0 Å². The minimum absolute atomic E-state index is 0.634. The fourth-order valence-electron chi connectivity index (χ4n) is 3.52. The Morgan fingerprint density at radius 3 is 2.39 bits per heavy atom. The number of hydrogen-bond acceptors (Lipinski definition) is 5. The lowest BCUT2D eigenvalue weighted by Crippen LogP contribution is -3.11. The van der Waals surface area contributed by atoms with Gasteiger partial charge in [-0.3, -0.25) is 5.01 Å². The van der Waals surface area contributed by atoms with Gasteiger partial charge in [-0.2, -0.15) is 14.9 Å². The van der Waals surface area contributed by atoms with Crippen LogP contribution in [0.5, 0.6) is 17.4 Å². The van der Waals surface area contributed by atoms with Crippen LogP contribution < -0.4 is 14.4 Å². The van der Waals surface area contributed by atoms with Crippen molar-refractivity contribution in [3.8, 4) is 23.1 Å². The van der Waals surface area contributed by atoms with E-state index in [0.29, 0.717) is 12.5 Å². The van der Waals surface area contributed by atoms with Crippen LogP contribution in [0.15, 0.2) is 59.7 Å². The van der Waals surface area contributed by atoms with Crippen LogP contribution in [-0.2, 0) is 0 Å². The third-order valence-corrected chi connectivity index (χ3v) is 5.36. The van der Waals surface area contributed by atoms with E-state index < -0.39 is 0 Å². The first-order valence-electron chi connectivity index (χ1n) is 10.8. The maximum Gasteiger partial charge on any atom is 0.231 e. The van der Waals surface area contributed by atoms with Crippen LogP contribution in [-0.4, -0.2) is 60.8 Å². The summed E-state index contributed by atoms with van der Waals surface area (Å²) in [5.74, 6) is 2.19. The number of aryl methyl sites for hydroxylation is 1. The highest BCUT2D eigenvalue weighted by molar-refractivity contribution is 5.84. The minimum Gasteiger partial charge on any atom is -0.494 e. The van der Waals surface area contributed by atoms with Gasteiger partial charge in [0.15, 0.2) is 0 Å². The Hall–Kier alpha value is -3.32. The van der Waals surface area contributed by atoms with Crippen molar-refractivity contribution in [1.82, 2.24) is 14.8 Å². The fraction of sp³-hybridized carbons (Fsp3) is 0.333. The molecule has 7 heteroatoms. The largest absolute Gasteiger partial charge is 0.494 e. The highest BCUT2D eigenvalue weighted by atomic mass is 16.5. The van der Waals surface area contributed by atoms with Crippen molar-refractivity contribution in [3.05, 3.63) is 65.9 Å². The summed E-state index contributed by atoms with van der Waals surface area (Å²) in [6.07, 6.45) is 1.88. The molecule has 2 aromatic carbocycles. The highest BCUT2D eigenvalue weighted by Gasteiger charge is 2.19. The number of aromatic nitrogens is 2. The second-order valence-corrected chi connectivity index (χ2v) is 7.71. The Bertz CT molecular complexity index is 1010. The average Bonchev–Trinajstić information content (AvgIpc) is 3.10. The summed E-state index contributed by atoms with van der Waals surface area (Å²) in [7, 11) is 2.22. The minimum atomic E-state index is 0.634.